The van der Waals surface area contributed by atoms with Gasteiger partial charge in [-0.05, 0) is 44.4 Å². The summed E-state index contributed by atoms with van der Waals surface area (Å²) in [6.07, 6.45) is 4.94. The highest BCUT2D eigenvalue weighted by Crippen LogP contribution is 2.34. The third-order valence-electron chi connectivity index (χ3n) is 4.31. The van der Waals surface area contributed by atoms with E-state index in [1.807, 2.05) is 0 Å². The Morgan fingerprint density at radius 2 is 1.74 bits per heavy atom. The number of hydrogen-bond acceptors (Lipinski definition) is 3. The topological polar surface area (TPSA) is 75.6 Å². The van der Waals surface area contributed by atoms with Crippen LogP contribution in [0.5, 0.6) is 0 Å². The summed E-state index contributed by atoms with van der Waals surface area (Å²) in [5.41, 5.74) is 0. The number of rotatable bonds is 6. The van der Waals surface area contributed by atoms with Gasteiger partial charge in [0.25, 0.3) is 0 Å². The first kappa shape index (κ1) is 14.3. The van der Waals surface area contributed by atoms with E-state index in [9.17, 15) is 9.59 Å². The molecule has 2 fully saturated rings. The normalized spacial score (nSPS) is 28.7. The van der Waals surface area contributed by atoms with Crippen LogP contribution >= 0.6 is 0 Å². The Bertz CT molecular complexity index is 332. The molecular weight excluding hydrogens is 246 g/mol. The van der Waals surface area contributed by atoms with Crippen molar-refractivity contribution in [3.05, 3.63) is 0 Å². The van der Waals surface area contributed by atoms with Gasteiger partial charge in [-0.1, -0.05) is 0 Å². The van der Waals surface area contributed by atoms with Crippen LogP contribution in [0.25, 0.3) is 0 Å². The number of ether oxygens (including phenoxy) is 1. The first-order chi connectivity index (χ1) is 9.11. The molecule has 0 radical (unpaired) electrons. The highest BCUT2D eigenvalue weighted by atomic mass is 16.5. The molecule has 108 valence electrons. The molecule has 1 amide bonds. The Morgan fingerprint density at radius 3 is 2.21 bits per heavy atom. The number of methoxy groups -OCH3 is 1. The lowest BCUT2D eigenvalue weighted by Crippen LogP contribution is -2.43. The largest absolute Gasteiger partial charge is 0.481 e. The van der Waals surface area contributed by atoms with Crippen molar-refractivity contribution in [3.8, 4) is 0 Å². The monoisotopic (exact) mass is 269 g/mol. The van der Waals surface area contributed by atoms with Crippen molar-refractivity contribution in [1.29, 1.82) is 0 Å². The molecule has 0 aliphatic heterocycles. The fourth-order valence-electron chi connectivity index (χ4n) is 2.88. The molecular formula is C14H23NO4. The van der Waals surface area contributed by atoms with E-state index in [0.29, 0.717) is 38.2 Å². The van der Waals surface area contributed by atoms with Crippen LogP contribution in [0.4, 0.5) is 0 Å². The second-order valence-corrected chi connectivity index (χ2v) is 5.79. The summed E-state index contributed by atoms with van der Waals surface area (Å²) in [6, 6.07) is 0.134. The standard InChI is InChI=1S/C14H23NO4/c1-19-8-12(9-2-3-9)15-13(16)10-4-6-11(7-5-10)14(17)18/h9-12H,2-8H2,1H3,(H,15,16)(H,17,18). The summed E-state index contributed by atoms with van der Waals surface area (Å²) in [5, 5.41) is 12.0. The molecule has 2 aliphatic carbocycles. The SMILES string of the molecule is COCC(NC(=O)C1CCC(C(=O)O)CC1)C1CC1. The molecule has 0 aromatic carbocycles. The van der Waals surface area contributed by atoms with Crippen molar-refractivity contribution in [1.82, 2.24) is 5.32 Å². The average molecular weight is 269 g/mol. The summed E-state index contributed by atoms with van der Waals surface area (Å²) in [6.45, 7) is 0.570. The predicted octanol–water partition coefficient (Wildman–Crippen LogP) is 1.42. The van der Waals surface area contributed by atoms with Crippen molar-refractivity contribution in [3.63, 3.8) is 0 Å². The van der Waals surface area contributed by atoms with E-state index in [0.717, 1.165) is 0 Å². The van der Waals surface area contributed by atoms with Crippen LogP contribution in [0, 0.1) is 17.8 Å². The van der Waals surface area contributed by atoms with Crippen molar-refractivity contribution < 1.29 is 19.4 Å². The van der Waals surface area contributed by atoms with Gasteiger partial charge >= 0.3 is 5.97 Å². The maximum Gasteiger partial charge on any atom is 0.306 e. The molecule has 0 aromatic heterocycles. The molecule has 2 rings (SSSR count). The lowest BCUT2D eigenvalue weighted by molar-refractivity contribution is -0.144. The molecule has 1 unspecified atom stereocenters. The van der Waals surface area contributed by atoms with E-state index < -0.39 is 5.97 Å². The van der Waals surface area contributed by atoms with E-state index >= 15 is 0 Å². The molecule has 1 atom stereocenters. The van der Waals surface area contributed by atoms with Gasteiger partial charge in [0.2, 0.25) is 5.91 Å². The number of carbonyl (C=O) groups is 2. The van der Waals surface area contributed by atoms with E-state index in [1.54, 1.807) is 7.11 Å². The zero-order valence-electron chi connectivity index (χ0n) is 11.4. The Balaban J connectivity index is 1.78. The number of carboxylic acid groups (broad SMARTS) is 1. The van der Waals surface area contributed by atoms with Crippen LogP contribution in [0.2, 0.25) is 0 Å². The van der Waals surface area contributed by atoms with Gasteiger partial charge in [0.05, 0.1) is 18.6 Å². The zero-order valence-corrected chi connectivity index (χ0v) is 11.4. The third-order valence-corrected chi connectivity index (χ3v) is 4.31. The Kier molecular flexibility index (Phi) is 4.80. The summed E-state index contributed by atoms with van der Waals surface area (Å²) in [5.74, 6) is -0.359. The van der Waals surface area contributed by atoms with Crippen LogP contribution in [0.15, 0.2) is 0 Å². The van der Waals surface area contributed by atoms with Crippen LogP contribution < -0.4 is 5.32 Å². The predicted molar refractivity (Wildman–Crippen MR) is 69.6 cm³/mol. The Morgan fingerprint density at radius 1 is 1.16 bits per heavy atom. The minimum atomic E-state index is -0.728. The molecule has 0 saturated heterocycles. The molecule has 0 aromatic rings. The molecule has 2 N–H and O–H groups in total. The molecule has 0 bridgehead atoms. The first-order valence-corrected chi connectivity index (χ1v) is 7.14. The molecule has 5 nitrogen and oxygen atoms in total. The lowest BCUT2D eigenvalue weighted by atomic mass is 9.81. The Labute approximate surface area is 113 Å². The second-order valence-electron chi connectivity index (χ2n) is 5.79. The van der Waals surface area contributed by atoms with Crippen molar-refractivity contribution in [2.45, 2.75) is 44.6 Å². The number of carbonyl (C=O) groups excluding carboxylic acids is 1. The van der Waals surface area contributed by atoms with Gasteiger partial charge in [-0.25, -0.2) is 0 Å². The van der Waals surface area contributed by atoms with Gasteiger partial charge in [-0.15, -0.1) is 0 Å². The summed E-state index contributed by atoms with van der Waals surface area (Å²) >= 11 is 0. The van der Waals surface area contributed by atoms with Gasteiger partial charge in [0.1, 0.15) is 0 Å². The molecule has 0 spiro atoms. The minimum Gasteiger partial charge on any atom is -0.481 e. The zero-order chi connectivity index (χ0) is 13.8. The number of hydrogen-bond donors (Lipinski definition) is 2. The molecule has 2 aliphatic rings. The molecule has 0 heterocycles. The summed E-state index contributed by atoms with van der Waals surface area (Å²) < 4.78 is 5.15. The van der Waals surface area contributed by atoms with Crippen LogP contribution in [-0.4, -0.2) is 36.7 Å². The average Bonchev–Trinajstić information content (AvgIpc) is 3.22. The van der Waals surface area contributed by atoms with Crippen LogP contribution in [-0.2, 0) is 14.3 Å². The third kappa shape index (κ3) is 3.93. The highest BCUT2D eigenvalue weighted by molar-refractivity contribution is 5.79. The lowest BCUT2D eigenvalue weighted by Gasteiger charge is -2.27. The molecule has 2 saturated carbocycles. The van der Waals surface area contributed by atoms with Crippen molar-refractivity contribution in [2.75, 3.05) is 13.7 Å². The number of nitrogens with one attached hydrogen (secondary N) is 1. The fraction of sp³-hybridized carbons (Fsp3) is 0.857. The molecule has 5 heteroatoms. The summed E-state index contributed by atoms with van der Waals surface area (Å²) in [4.78, 5) is 23.1. The maximum atomic E-state index is 12.2. The van der Waals surface area contributed by atoms with Gasteiger partial charge < -0.3 is 15.2 Å². The number of aliphatic carboxylic acids is 1. The van der Waals surface area contributed by atoms with E-state index in [1.165, 1.54) is 12.8 Å². The number of carboxylic acids is 1. The van der Waals surface area contributed by atoms with Gasteiger partial charge in [0, 0.05) is 13.0 Å². The summed E-state index contributed by atoms with van der Waals surface area (Å²) in [7, 11) is 1.65. The minimum absolute atomic E-state index is 0.0197. The maximum absolute atomic E-state index is 12.2. The van der Waals surface area contributed by atoms with E-state index in [-0.39, 0.29) is 23.8 Å². The van der Waals surface area contributed by atoms with Gasteiger partial charge in [-0.3, -0.25) is 9.59 Å². The van der Waals surface area contributed by atoms with E-state index in [4.69, 9.17) is 9.84 Å². The van der Waals surface area contributed by atoms with E-state index in [2.05, 4.69) is 5.32 Å². The fourth-order valence-corrected chi connectivity index (χ4v) is 2.88. The van der Waals surface area contributed by atoms with Gasteiger partial charge in [-0.2, -0.15) is 0 Å². The van der Waals surface area contributed by atoms with Crippen molar-refractivity contribution >= 4 is 11.9 Å². The molecule has 19 heavy (non-hydrogen) atoms. The first-order valence-electron chi connectivity index (χ1n) is 7.14. The van der Waals surface area contributed by atoms with Crippen molar-refractivity contribution in [2.24, 2.45) is 17.8 Å². The van der Waals surface area contributed by atoms with Crippen LogP contribution in [0.3, 0.4) is 0 Å². The van der Waals surface area contributed by atoms with Crippen LogP contribution in [0.1, 0.15) is 38.5 Å². The number of amides is 1. The second kappa shape index (κ2) is 6.37. The quantitative estimate of drug-likeness (QED) is 0.764. The Hall–Kier alpha value is -1.10. The smallest absolute Gasteiger partial charge is 0.306 e. The highest BCUT2D eigenvalue weighted by Gasteiger charge is 2.35. The van der Waals surface area contributed by atoms with Gasteiger partial charge in [0.15, 0.2) is 0 Å².